The second-order valence-electron chi connectivity index (χ2n) is 4.49. The summed E-state index contributed by atoms with van der Waals surface area (Å²) in [7, 11) is 0. The average Bonchev–Trinajstić information content (AvgIpc) is 2.10. The van der Waals surface area contributed by atoms with Crippen LogP contribution in [0.25, 0.3) is 0 Å². The first-order chi connectivity index (χ1) is 6.83. The normalized spacial score (nSPS) is 11.4. The number of aliphatic carboxylic acids is 1. The summed E-state index contributed by atoms with van der Waals surface area (Å²) in [5.74, 6) is -0.615. The Labute approximate surface area is 89.4 Å². The fraction of sp³-hybridized carbons (Fsp3) is 0.417. The molecule has 3 nitrogen and oxygen atoms in total. The van der Waals surface area contributed by atoms with Crippen LogP contribution >= 0.6 is 0 Å². The second kappa shape index (κ2) is 3.93. The van der Waals surface area contributed by atoms with E-state index in [-0.39, 0.29) is 5.75 Å². The Bertz CT molecular complexity index is 380. The van der Waals surface area contributed by atoms with Gasteiger partial charge in [-0.25, -0.2) is 0 Å². The van der Waals surface area contributed by atoms with Crippen molar-refractivity contribution in [1.29, 1.82) is 0 Å². The number of rotatable bonds is 3. The minimum atomic E-state index is -0.831. The van der Waals surface area contributed by atoms with E-state index in [1.165, 1.54) is 0 Å². The molecule has 0 saturated carbocycles. The second-order valence-corrected chi connectivity index (χ2v) is 4.49. The van der Waals surface area contributed by atoms with Gasteiger partial charge in [-0.05, 0) is 44.4 Å². The van der Waals surface area contributed by atoms with E-state index in [2.05, 4.69) is 0 Å². The van der Waals surface area contributed by atoms with Gasteiger partial charge in [0, 0.05) is 0 Å². The molecule has 82 valence electrons. The monoisotopic (exact) mass is 208 g/mol. The SMILES string of the molecule is Cc1ccc(CC(C)(C)C(=O)O)cc1O. The van der Waals surface area contributed by atoms with Crippen LogP contribution in [0, 0.1) is 12.3 Å². The lowest BCUT2D eigenvalue weighted by Crippen LogP contribution is -2.26. The van der Waals surface area contributed by atoms with Crippen molar-refractivity contribution in [3.63, 3.8) is 0 Å². The Morgan fingerprint density at radius 1 is 1.40 bits per heavy atom. The van der Waals surface area contributed by atoms with E-state index in [1.54, 1.807) is 32.9 Å². The lowest BCUT2D eigenvalue weighted by Gasteiger charge is -2.19. The number of benzene rings is 1. The maximum Gasteiger partial charge on any atom is 0.309 e. The number of phenolic OH excluding ortho intramolecular Hbond substituents is 1. The molecule has 3 heteroatoms. The van der Waals surface area contributed by atoms with E-state index >= 15 is 0 Å². The molecule has 0 fully saturated rings. The first-order valence-electron chi connectivity index (χ1n) is 4.85. The highest BCUT2D eigenvalue weighted by Gasteiger charge is 2.27. The van der Waals surface area contributed by atoms with E-state index in [1.807, 2.05) is 6.07 Å². The van der Waals surface area contributed by atoms with E-state index < -0.39 is 11.4 Å². The van der Waals surface area contributed by atoms with Gasteiger partial charge in [0.2, 0.25) is 0 Å². The van der Waals surface area contributed by atoms with E-state index in [0.29, 0.717) is 6.42 Å². The number of phenols is 1. The van der Waals surface area contributed by atoms with Crippen LogP contribution in [-0.2, 0) is 11.2 Å². The summed E-state index contributed by atoms with van der Waals surface area (Å²) in [6, 6.07) is 5.27. The Balaban J connectivity index is 2.91. The van der Waals surface area contributed by atoms with Crippen molar-refractivity contribution in [2.75, 3.05) is 0 Å². The van der Waals surface area contributed by atoms with Gasteiger partial charge in [0.15, 0.2) is 0 Å². The molecule has 1 rings (SSSR count). The molecule has 0 heterocycles. The molecule has 0 spiro atoms. The molecule has 0 aliphatic carbocycles. The fourth-order valence-electron chi connectivity index (χ4n) is 1.35. The molecular formula is C12H16O3. The summed E-state index contributed by atoms with van der Waals surface area (Å²) in [5.41, 5.74) is 0.833. The zero-order valence-electron chi connectivity index (χ0n) is 9.24. The molecule has 15 heavy (non-hydrogen) atoms. The van der Waals surface area contributed by atoms with Gasteiger partial charge in [-0.3, -0.25) is 4.79 Å². The molecule has 0 saturated heterocycles. The largest absolute Gasteiger partial charge is 0.508 e. The van der Waals surface area contributed by atoms with Crippen LogP contribution in [0.15, 0.2) is 18.2 Å². The third-order valence-electron chi connectivity index (χ3n) is 2.50. The van der Waals surface area contributed by atoms with Gasteiger partial charge >= 0.3 is 5.97 Å². The number of carboxylic acids is 1. The molecule has 2 N–H and O–H groups in total. The average molecular weight is 208 g/mol. The zero-order valence-corrected chi connectivity index (χ0v) is 9.24. The van der Waals surface area contributed by atoms with Crippen molar-refractivity contribution < 1.29 is 15.0 Å². The predicted octanol–water partition coefficient (Wildman–Crippen LogP) is 2.35. The fourth-order valence-corrected chi connectivity index (χ4v) is 1.35. The van der Waals surface area contributed by atoms with Gasteiger partial charge in [0.25, 0.3) is 0 Å². The summed E-state index contributed by atoms with van der Waals surface area (Å²) in [5, 5.41) is 18.5. The minimum absolute atomic E-state index is 0.216. The molecule has 0 bridgehead atoms. The summed E-state index contributed by atoms with van der Waals surface area (Å²) >= 11 is 0. The predicted molar refractivity (Wildman–Crippen MR) is 58.0 cm³/mol. The van der Waals surface area contributed by atoms with Crippen LogP contribution in [0.2, 0.25) is 0 Å². The molecule has 0 amide bonds. The van der Waals surface area contributed by atoms with Gasteiger partial charge in [-0.15, -0.1) is 0 Å². The van der Waals surface area contributed by atoms with Gasteiger partial charge in [0.05, 0.1) is 5.41 Å². The highest BCUT2D eigenvalue weighted by atomic mass is 16.4. The molecule has 0 radical (unpaired) electrons. The minimum Gasteiger partial charge on any atom is -0.508 e. The molecule has 0 aromatic heterocycles. The number of hydrogen-bond donors (Lipinski definition) is 2. The summed E-state index contributed by atoms with van der Waals surface area (Å²) in [4.78, 5) is 10.9. The van der Waals surface area contributed by atoms with Gasteiger partial charge < -0.3 is 10.2 Å². The lowest BCUT2D eigenvalue weighted by molar-refractivity contribution is -0.146. The van der Waals surface area contributed by atoms with E-state index in [0.717, 1.165) is 11.1 Å². The van der Waals surface area contributed by atoms with Crippen molar-refractivity contribution in [2.45, 2.75) is 27.2 Å². The van der Waals surface area contributed by atoms with Crippen LogP contribution in [0.3, 0.4) is 0 Å². The van der Waals surface area contributed by atoms with E-state index in [9.17, 15) is 9.90 Å². The lowest BCUT2D eigenvalue weighted by atomic mass is 9.86. The Morgan fingerprint density at radius 3 is 2.47 bits per heavy atom. The highest BCUT2D eigenvalue weighted by Crippen LogP contribution is 2.25. The van der Waals surface area contributed by atoms with Crippen molar-refractivity contribution in [1.82, 2.24) is 0 Å². The highest BCUT2D eigenvalue weighted by molar-refractivity contribution is 5.74. The quantitative estimate of drug-likeness (QED) is 0.801. The number of carboxylic acid groups (broad SMARTS) is 1. The molecule has 1 aromatic rings. The molecule has 1 aromatic carbocycles. The number of hydrogen-bond acceptors (Lipinski definition) is 2. The van der Waals surface area contributed by atoms with Crippen LogP contribution in [0.1, 0.15) is 25.0 Å². The molecule has 0 unspecified atom stereocenters. The maximum atomic E-state index is 10.9. The Kier molecular flexibility index (Phi) is 3.03. The van der Waals surface area contributed by atoms with Gasteiger partial charge in [-0.2, -0.15) is 0 Å². The number of carbonyl (C=O) groups is 1. The van der Waals surface area contributed by atoms with E-state index in [4.69, 9.17) is 5.11 Å². The molecular weight excluding hydrogens is 192 g/mol. The van der Waals surface area contributed by atoms with Gasteiger partial charge in [-0.1, -0.05) is 12.1 Å². The smallest absolute Gasteiger partial charge is 0.309 e. The van der Waals surface area contributed by atoms with Crippen molar-refractivity contribution >= 4 is 5.97 Å². The van der Waals surface area contributed by atoms with Crippen molar-refractivity contribution in [3.05, 3.63) is 29.3 Å². The molecule has 0 aliphatic rings. The van der Waals surface area contributed by atoms with Gasteiger partial charge in [0.1, 0.15) is 5.75 Å². The topological polar surface area (TPSA) is 57.5 Å². The van der Waals surface area contributed by atoms with Crippen LogP contribution < -0.4 is 0 Å². The van der Waals surface area contributed by atoms with Crippen molar-refractivity contribution in [2.24, 2.45) is 5.41 Å². The Morgan fingerprint density at radius 2 is 2.00 bits per heavy atom. The summed E-state index contributed by atoms with van der Waals surface area (Å²) in [6.07, 6.45) is 0.413. The first kappa shape index (κ1) is 11.6. The summed E-state index contributed by atoms with van der Waals surface area (Å²) in [6.45, 7) is 5.15. The van der Waals surface area contributed by atoms with Crippen LogP contribution in [-0.4, -0.2) is 16.2 Å². The van der Waals surface area contributed by atoms with Crippen LogP contribution in [0.5, 0.6) is 5.75 Å². The third-order valence-corrected chi connectivity index (χ3v) is 2.50. The number of aryl methyl sites for hydroxylation is 1. The zero-order chi connectivity index (χ0) is 11.6. The Hall–Kier alpha value is -1.51. The molecule has 0 aliphatic heterocycles. The first-order valence-corrected chi connectivity index (χ1v) is 4.85. The van der Waals surface area contributed by atoms with Crippen LogP contribution in [0.4, 0.5) is 0 Å². The maximum absolute atomic E-state index is 10.9. The number of aromatic hydroxyl groups is 1. The molecule has 0 atom stereocenters. The van der Waals surface area contributed by atoms with Crippen molar-refractivity contribution in [3.8, 4) is 5.75 Å². The summed E-state index contributed by atoms with van der Waals surface area (Å²) < 4.78 is 0. The third kappa shape index (κ3) is 2.72. The standard InChI is InChI=1S/C12H16O3/c1-8-4-5-9(6-10(8)13)7-12(2,3)11(14)15/h4-6,13H,7H2,1-3H3,(H,14,15).